The monoisotopic (exact) mass is 245 g/mol. The minimum Gasteiger partial charge on any atom is -0.504 e. The largest absolute Gasteiger partial charge is 0.504 e. The quantitative estimate of drug-likeness (QED) is 0.808. The zero-order chi connectivity index (χ0) is 13.0. The molecule has 0 fully saturated rings. The maximum Gasteiger partial charge on any atom is 0.164 e. The first kappa shape index (κ1) is 12.7. The maximum absolute atomic E-state index is 9.72. The van der Waals surface area contributed by atoms with Crippen LogP contribution in [0.15, 0.2) is 43.5 Å². The predicted molar refractivity (Wildman–Crippen MR) is 73.1 cm³/mol. The van der Waals surface area contributed by atoms with Crippen LogP contribution in [0.2, 0.25) is 0 Å². The molecule has 0 spiro atoms. The number of nitrogens with zero attached hydrogens (tertiary/aromatic N) is 1. The molecule has 0 amide bonds. The fourth-order valence-electron chi connectivity index (χ4n) is 2.33. The number of phenols is 1. The van der Waals surface area contributed by atoms with Crippen molar-refractivity contribution < 1.29 is 9.84 Å². The van der Waals surface area contributed by atoms with Gasteiger partial charge in [0, 0.05) is 19.1 Å². The smallest absolute Gasteiger partial charge is 0.164 e. The van der Waals surface area contributed by atoms with Crippen molar-refractivity contribution in [3.8, 4) is 11.5 Å². The van der Waals surface area contributed by atoms with Crippen LogP contribution < -0.4 is 4.74 Å². The molecular weight excluding hydrogens is 226 g/mol. The molecule has 18 heavy (non-hydrogen) atoms. The first-order chi connectivity index (χ1) is 8.76. The Labute approximate surface area is 108 Å². The van der Waals surface area contributed by atoms with E-state index in [0.29, 0.717) is 18.4 Å². The highest BCUT2D eigenvalue weighted by atomic mass is 16.5. The molecule has 3 heteroatoms. The van der Waals surface area contributed by atoms with E-state index in [1.54, 1.807) is 6.07 Å². The molecule has 0 saturated heterocycles. The molecule has 1 aliphatic heterocycles. The van der Waals surface area contributed by atoms with E-state index in [1.165, 1.54) is 0 Å². The lowest BCUT2D eigenvalue weighted by atomic mass is 10.0. The highest BCUT2D eigenvalue weighted by molar-refractivity contribution is 5.47. The van der Waals surface area contributed by atoms with Crippen LogP contribution in [-0.4, -0.2) is 35.7 Å². The summed E-state index contributed by atoms with van der Waals surface area (Å²) in [7, 11) is 0. The van der Waals surface area contributed by atoms with Gasteiger partial charge in [-0.25, -0.2) is 0 Å². The second-order valence-electron chi connectivity index (χ2n) is 4.47. The average molecular weight is 245 g/mol. The zero-order valence-corrected chi connectivity index (χ0v) is 10.5. The second-order valence-corrected chi connectivity index (χ2v) is 4.47. The van der Waals surface area contributed by atoms with Gasteiger partial charge >= 0.3 is 0 Å². The molecule has 0 aliphatic carbocycles. The second kappa shape index (κ2) is 5.74. The summed E-state index contributed by atoms with van der Waals surface area (Å²) >= 11 is 0. The van der Waals surface area contributed by atoms with Crippen LogP contribution in [0.4, 0.5) is 0 Å². The molecule has 96 valence electrons. The highest BCUT2D eigenvalue weighted by Crippen LogP contribution is 2.34. The third-order valence-electron chi connectivity index (χ3n) is 3.20. The topological polar surface area (TPSA) is 32.7 Å². The number of ether oxygens (including phenoxy) is 1. The van der Waals surface area contributed by atoms with E-state index in [2.05, 4.69) is 18.1 Å². The van der Waals surface area contributed by atoms with Crippen molar-refractivity contribution in [2.45, 2.75) is 12.5 Å². The zero-order valence-electron chi connectivity index (χ0n) is 10.5. The van der Waals surface area contributed by atoms with Crippen LogP contribution in [0, 0.1) is 0 Å². The molecule has 2 rings (SSSR count). The Kier molecular flexibility index (Phi) is 4.05. The van der Waals surface area contributed by atoms with Crippen molar-refractivity contribution in [2.24, 2.45) is 0 Å². The molecule has 0 aromatic heterocycles. The SMILES string of the molecule is C=CCN(CC=C)C1COc2c(O)cccc2C1. The van der Waals surface area contributed by atoms with Crippen molar-refractivity contribution in [3.05, 3.63) is 49.1 Å². The Morgan fingerprint density at radius 3 is 2.72 bits per heavy atom. The van der Waals surface area contributed by atoms with Gasteiger partial charge in [0.15, 0.2) is 11.5 Å². The minimum absolute atomic E-state index is 0.227. The van der Waals surface area contributed by atoms with E-state index >= 15 is 0 Å². The lowest BCUT2D eigenvalue weighted by molar-refractivity contribution is 0.137. The molecule has 1 atom stereocenters. The van der Waals surface area contributed by atoms with Crippen LogP contribution in [0.1, 0.15) is 5.56 Å². The van der Waals surface area contributed by atoms with Crippen molar-refractivity contribution in [2.75, 3.05) is 19.7 Å². The van der Waals surface area contributed by atoms with Crippen LogP contribution in [-0.2, 0) is 6.42 Å². The number of fused-ring (bicyclic) bond motifs is 1. The number of benzene rings is 1. The van der Waals surface area contributed by atoms with Crippen LogP contribution in [0.25, 0.3) is 0 Å². The minimum atomic E-state index is 0.227. The summed E-state index contributed by atoms with van der Waals surface area (Å²) in [5, 5.41) is 9.72. The van der Waals surface area contributed by atoms with Gasteiger partial charge in [-0.2, -0.15) is 0 Å². The third kappa shape index (κ3) is 2.57. The molecule has 0 saturated carbocycles. The van der Waals surface area contributed by atoms with E-state index < -0.39 is 0 Å². The molecule has 0 radical (unpaired) electrons. The standard InChI is InChI=1S/C15H19NO2/c1-3-8-16(9-4-2)13-10-12-6-5-7-14(17)15(12)18-11-13/h3-7,13,17H,1-2,8-11H2. The average Bonchev–Trinajstić information content (AvgIpc) is 2.38. The summed E-state index contributed by atoms with van der Waals surface area (Å²) in [5.41, 5.74) is 1.06. The molecule has 1 unspecified atom stereocenters. The van der Waals surface area contributed by atoms with Gasteiger partial charge < -0.3 is 9.84 Å². The lowest BCUT2D eigenvalue weighted by Crippen LogP contribution is -2.43. The van der Waals surface area contributed by atoms with Crippen molar-refractivity contribution >= 4 is 0 Å². The van der Waals surface area contributed by atoms with Crippen LogP contribution in [0.3, 0.4) is 0 Å². The summed E-state index contributed by atoms with van der Waals surface area (Å²) in [6.45, 7) is 9.78. The molecule has 3 nitrogen and oxygen atoms in total. The number of phenolic OH excluding ortho intramolecular Hbond substituents is 1. The maximum atomic E-state index is 9.72. The number of para-hydroxylation sites is 1. The van der Waals surface area contributed by atoms with Crippen molar-refractivity contribution in [1.82, 2.24) is 4.90 Å². The number of hydrogen-bond acceptors (Lipinski definition) is 3. The summed E-state index contributed by atoms with van der Waals surface area (Å²) in [4.78, 5) is 2.27. The first-order valence-corrected chi connectivity index (χ1v) is 6.15. The number of rotatable bonds is 5. The molecule has 1 N–H and O–H groups in total. The van der Waals surface area contributed by atoms with E-state index in [1.807, 2.05) is 24.3 Å². The van der Waals surface area contributed by atoms with Gasteiger partial charge in [0.05, 0.1) is 0 Å². The number of aromatic hydroxyl groups is 1. The lowest BCUT2D eigenvalue weighted by Gasteiger charge is -2.33. The van der Waals surface area contributed by atoms with E-state index in [9.17, 15) is 5.11 Å². The third-order valence-corrected chi connectivity index (χ3v) is 3.20. The predicted octanol–water partition coefficient (Wildman–Crippen LogP) is 2.37. The molecular formula is C15H19NO2. The molecule has 0 bridgehead atoms. The first-order valence-electron chi connectivity index (χ1n) is 6.15. The fraction of sp³-hybridized carbons (Fsp3) is 0.333. The Morgan fingerprint density at radius 1 is 1.33 bits per heavy atom. The van der Waals surface area contributed by atoms with E-state index in [-0.39, 0.29) is 5.75 Å². The van der Waals surface area contributed by atoms with Crippen molar-refractivity contribution in [3.63, 3.8) is 0 Å². The van der Waals surface area contributed by atoms with E-state index in [0.717, 1.165) is 25.1 Å². The Bertz CT molecular complexity index is 432. The van der Waals surface area contributed by atoms with Gasteiger partial charge in [-0.15, -0.1) is 13.2 Å². The van der Waals surface area contributed by atoms with E-state index in [4.69, 9.17) is 4.74 Å². The highest BCUT2D eigenvalue weighted by Gasteiger charge is 2.25. The van der Waals surface area contributed by atoms with Crippen LogP contribution in [0.5, 0.6) is 11.5 Å². The van der Waals surface area contributed by atoms with Gasteiger partial charge in [0.1, 0.15) is 6.61 Å². The Morgan fingerprint density at radius 2 is 2.06 bits per heavy atom. The Hall–Kier alpha value is -1.74. The molecule has 1 heterocycles. The summed E-state index contributed by atoms with van der Waals surface area (Å²) in [5.74, 6) is 0.857. The fourth-order valence-corrected chi connectivity index (χ4v) is 2.33. The van der Waals surface area contributed by atoms with Gasteiger partial charge in [0.2, 0.25) is 0 Å². The van der Waals surface area contributed by atoms with Gasteiger partial charge in [-0.05, 0) is 18.1 Å². The van der Waals surface area contributed by atoms with Crippen molar-refractivity contribution in [1.29, 1.82) is 0 Å². The van der Waals surface area contributed by atoms with Gasteiger partial charge in [-0.1, -0.05) is 24.3 Å². The van der Waals surface area contributed by atoms with Crippen LogP contribution >= 0.6 is 0 Å². The van der Waals surface area contributed by atoms with Gasteiger partial charge in [-0.3, -0.25) is 4.90 Å². The summed E-state index contributed by atoms with van der Waals surface area (Å²) in [6, 6.07) is 5.81. The Balaban J connectivity index is 2.15. The number of hydrogen-bond donors (Lipinski definition) is 1. The van der Waals surface area contributed by atoms with Gasteiger partial charge in [0.25, 0.3) is 0 Å². The molecule has 1 aromatic carbocycles. The normalized spacial score (nSPS) is 17.9. The molecule has 1 aromatic rings. The summed E-state index contributed by atoms with van der Waals surface area (Å²) < 4.78 is 5.68. The molecule has 1 aliphatic rings. The summed E-state index contributed by atoms with van der Waals surface area (Å²) in [6.07, 6.45) is 4.66.